The van der Waals surface area contributed by atoms with Crippen LogP contribution in [-0.4, -0.2) is 51.9 Å². The zero-order chi connectivity index (χ0) is 24.4. The number of amides is 2. The molecule has 0 aromatic heterocycles. The van der Waals surface area contributed by atoms with E-state index >= 15 is 0 Å². The maximum absolute atomic E-state index is 12.6. The molecule has 33 heavy (non-hydrogen) atoms. The average molecular weight is 515 g/mol. The number of ketones is 1. The number of aliphatic carboxylic acids is 1. The number of nitrogens with one attached hydrogen (secondary N) is 2. The molecule has 0 aliphatic carbocycles. The first-order valence-corrected chi connectivity index (χ1v) is 11.4. The van der Waals surface area contributed by atoms with Crippen LogP contribution in [0.3, 0.4) is 0 Å². The lowest BCUT2D eigenvalue weighted by Gasteiger charge is -2.11. The third-order valence-electron chi connectivity index (χ3n) is 4.03. The molecule has 176 valence electrons. The van der Waals surface area contributed by atoms with Crippen LogP contribution < -0.4 is 15.6 Å². The Kier molecular flexibility index (Phi) is 10.3. The first-order valence-electron chi connectivity index (χ1n) is 9.50. The fourth-order valence-electron chi connectivity index (χ4n) is 2.43. The summed E-state index contributed by atoms with van der Waals surface area (Å²) in [6, 6.07) is 8.28. The Labute approximate surface area is 203 Å². The number of carboxylic acids is 1. The number of benzene rings is 2. The Balaban J connectivity index is 1.79. The first-order chi connectivity index (χ1) is 15.7. The lowest BCUT2D eigenvalue weighted by Crippen LogP contribution is -2.43. The Morgan fingerprint density at radius 2 is 1.58 bits per heavy atom. The number of hydrogen-bond donors (Lipinski definition) is 4. The predicted octanol–water partition coefficient (Wildman–Crippen LogP) is 3.05. The Morgan fingerprint density at radius 3 is 2.24 bits per heavy atom. The SMILES string of the molecule is O=C(O)CCSCCC(=O)NNC(=O)COc1ccc(C(=O)c2ccc(Cl)cc2Cl)c(O)c1. The van der Waals surface area contributed by atoms with E-state index in [9.17, 15) is 24.3 Å². The number of thioether (sulfide) groups is 1. The molecule has 2 aromatic rings. The van der Waals surface area contributed by atoms with E-state index in [1.165, 1.54) is 48.2 Å². The summed E-state index contributed by atoms with van der Waals surface area (Å²) in [5.74, 6) is -1.92. The highest BCUT2D eigenvalue weighted by Crippen LogP contribution is 2.29. The normalized spacial score (nSPS) is 10.4. The summed E-state index contributed by atoms with van der Waals surface area (Å²) in [5, 5.41) is 19.2. The number of hydrazine groups is 1. The summed E-state index contributed by atoms with van der Waals surface area (Å²) >= 11 is 13.2. The standard InChI is InChI=1S/C21H20Cl2N2O7S/c22-12-1-3-14(16(23)9-12)21(31)15-4-2-13(10-17(15)26)32-11-19(28)25-24-18(27)5-7-33-8-6-20(29)30/h1-4,9-10,26H,5-8,11H2,(H,24,27)(H,25,28)(H,29,30). The van der Waals surface area contributed by atoms with E-state index in [0.29, 0.717) is 16.5 Å². The average Bonchev–Trinajstić information content (AvgIpc) is 2.75. The molecule has 2 aromatic carbocycles. The summed E-state index contributed by atoms with van der Waals surface area (Å²) < 4.78 is 5.26. The van der Waals surface area contributed by atoms with E-state index in [1.807, 2.05) is 0 Å². The van der Waals surface area contributed by atoms with Crippen molar-refractivity contribution in [1.82, 2.24) is 10.9 Å². The minimum absolute atomic E-state index is 0.00971. The molecule has 0 atom stereocenters. The molecule has 12 heteroatoms. The number of ether oxygens (including phenoxy) is 1. The van der Waals surface area contributed by atoms with Gasteiger partial charge in [0.1, 0.15) is 11.5 Å². The molecule has 0 aliphatic heterocycles. The van der Waals surface area contributed by atoms with Crippen LogP contribution in [0, 0.1) is 0 Å². The number of phenols is 1. The number of halogens is 2. The van der Waals surface area contributed by atoms with Crippen LogP contribution in [0.5, 0.6) is 11.5 Å². The van der Waals surface area contributed by atoms with Crippen molar-refractivity contribution in [2.75, 3.05) is 18.1 Å². The Hall–Kier alpha value is -2.95. The molecule has 0 saturated carbocycles. The van der Waals surface area contributed by atoms with Gasteiger partial charge in [-0.3, -0.25) is 30.0 Å². The molecule has 0 radical (unpaired) electrons. The number of hydrogen-bond acceptors (Lipinski definition) is 7. The lowest BCUT2D eigenvalue weighted by molar-refractivity contribution is -0.136. The third kappa shape index (κ3) is 8.83. The van der Waals surface area contributed by atoms with Crippen molar-refractivity contribution in [1.29, 1.82) is 0 Å². The van der Waals surface area contributed by atoms with Crippen molar-refractivity contribution in [3.63, 3.8) is 0 Å². The third-order valence-corrected chi connectivity index (χ3v) is 5.57. The summed E-state index contributed by atoms with van der Waals surface area (Å²) in [5.41, 5.74) is 4.55. The molecular formula is C21H20Cl2N2O7S. The van der Waals surface area contributed by atoms with Crippen molar-refractivity contribution in [3.05, 3.63) is 57.6 Å². The Bertz CT molecular complexity index is 1050. The van der Waals surface area contributed by atoms with Gasteiger partial charge in [0.15, 0.2) is 12.4 Å². The van der Waals surface area contributed by atoms with Gasteiger partial charge in [-0.1, -0.05) is 23.2 Å². The fourth-order valence-corrected chi connectivity index (χ4v) is 3.77. The second kappa shape index (κ2) is 12.9. The van der Waals surface area contributed by atoms with Gasteiger partial charge in [-0.05, 0) is 30.3 Å². The van der Waals surface area contributed by atoms with Crippen LogP contribution in [-0.2, 0) is 14.4 Å². The minimum Gasteiger partial charge on any atom is -0.507 e. The number of rotatable bonds is 11. The van der Waals surface area contributed by atoms with Crippen molar-refractivity contribution in [3.8, 4) is 11.5 Å². The van der Waals surface area contributed by atoms with E-state index in [-0.39, 0.29) is 40.5 Å². The van der Waals surface area contributed by atoms with Crippen LogP contribution >= 0.6 is 35.0 Å². The van der Waals surface area contributed by atoms with E-state index in [0.717, 1.165) is 0 Å². The van der Waals surface area contributed by atoms with E-state index in [2.05, 4.69) is 10.9 Å². The molecule has 0 aliphatic rings. The highest BCUT2D eigenvalue weighted by molar-refractivity contribution is 7.99. The summed E-state index contributed by atoms with van der Waals surface area (Å²) in [6.45, 7) is -0.455. The highest BCUT2D eigenvalue weighted by Gasteiger charge is 2.17. The van der Waals surface area contributed by atoms with Crippen LogP contribution in [0.1, 0.15) is 28.8 Å². The van der Waals surface area contributed by atoms with Gasteiger partial charge in [0.05, 0.1) is 17.0 Å². The summed E-state index contributed by atoms with van der Waals surface area (Å²) in [6.07, 6.45) is 0.117. The quantitative estimate of drug-likeness (QED) is 0.203. The molecule has 0 spiro atoms. The van der Waals surface area contributed by atoms with Crippen LogP contribution in [0.25, 0.3) is 0 Å². The number of phenolic OH excluding ortho intramolecular Hbond substituents is 1. The zero-order valence-corrected chi connectivity index (χ0v) is 19.4. The number of carbonyl (C=O) groups is 4. The monoisotopic (exact) mass is 514 g/mol. The van der Waals surface area contributed by atoms with Crippen molar-refractivity contribution in [2.24, 2.45) is 0 Å². The van der Waals surface area contributed by atoms with E-state index in [1.54, 1.807) is 0 Å². The molecular weight excluding hydrogens is 495 g/mol. The molecule has 0 heterocycles. The van der Waals surface area contributed by atoms with Gasteiger partial charge in [-0.2, -0.15) is 11.8 Å². The summed E-state index contributed by atoms with van der Waals surface area (Å²) in [4.78, 5) is 46.5. The maximum atomic E-state index is 12.6. The summed E-state index contributed by atoms with van der Waals surface area (Å²) in [7, 11) is 0. The van der Waals surface area contributed by atoms with Crippen LogP contribution in [0.4, 0.5) is 0 Å². The van der Waals surface area contributed by atoms with Gasteiger partial charge in [0.2, 0.25) is 5.91 Å². The zero-order valence-electron chi connectivity index (χ0n) is 17.1. The smallest absolute Gasteiger partial charge is 0.304 e. The first kappa shape index (κ1) is 26.3. The molecule has 0 unspecified atom stereocenters. The maximum Gasteiger partial charge on any atom is 0.304 e. The molecule has 0 fully saturated rings. The minimum atomic E-state index is -0.903. The predicted molar refractivity (Wildman–Crippen MR) is 124 cm³/mol. The molecule has 0 bridgehead atoms. The van der Waals surface area contributed by atoms with Crippen molar-refractivity contribution in [2.45, 2.75) is 12.8 Å². The lowest BCUT2D eigenvalue weighted by atomic mass is 10.0. The number of carbonyl (C=O) groups excluding carboxylic acids is 3. The fraction of sp³-hybridized carbons (Fsp3) is 0.238. The van der Waals surface area contributed by atoms with Crippen molar-refractivity contribution >= 4 is 58.5 Å². The molecule has 0 saturated heterocycles. The van der Waals surface area contributed by atoms with Crippen LogP contribution in [0.15, 0.2) is 36.4 Å². The van der Waals surface area contributed by atoms with Gasteiger partial charge < -0.3 is 14.9 Å². The van der Waals surface area contributed by atoms with Gasteiger partial charge >= 0.3 is 5.97 Å². The van der Waals surface area contributed by atoms with Gasteiger partial charge in [-0.15, -0.1) is 0 Å². The largest absolute Gasteiger partial charge is 0.507 e. The molecule has 9 nitrogen and oxygen atoms in total. The number of carboxylic acid groups (broad SMARTS) is 1. The van der Waals surface area contributed by atoms with Gasteiger partial charge in [0.25, 0.3) is 5.91 Å². The second-order valence-corrected chi connectivity index (χ2v) is 8.59. The second-order valence-electron chi connectivity index (χ2n) is 6.52. The number of aromatic hydroxyl groups is 1. The topological polar surface area (TPSA) is 142 Å². The molecule has 2 amide bonds. The molecule has 4 N–H and O–H groups in total. The Morgan fingerprint density at radius 1 is 0.909 bits per heavy atom. The van der Waals surface area contributed by atoms with E-state index < -0.39 is 30.2 Å². The van der Waals surface area contributed by atoms with E-state index in [4.69, 9.17) is 33.0 Å². The highest BCUT2D eigenvalue weighted by atomic mass is 35.5. The van der Waals surface area contributed by atoms with Crippen LogP contribution in [0.2, 0.25) is 10.0 Å². The van der Waals surface area contributed by atoms with Crippen molar-refractivity contribution < 1.29 is 34.1 Å². The van der Waals surface area contributed by atoms with Gasteiger partial charge in [-0.25, -0.2) is 0 Å². The van der Waals surface area contributed by atoms with Gasteiger partial charge in [0, 0.05) is 34.6 Å². The molecule has 2 rings (SSSR count).